The molecule has 0 N–H and O–H groups in total. The van der Waals surface area contributed by atoms with Crippen LogP contribution in [0.1, 0.15) is 23.2 Å². The first kappa shape index (κ1) is 15.6. The molecule has 2 rings (SSSR count). The number of hydrogen-bond donors (Lipinski definition) is 0. The van der Waals surface area contributed by atoms with Gasteiger partial charge in [-0.05, 0) is 12.8 Å². The lowest BCUT2D eigenvalue weighted by atomic mass is 10.2. The highest BCUT2D eigenvalue weighted by molar-refractivity contribution is 8.14. The number of amides is 1. The summed E-state index contributed by atoms with van der Waals surface area (Å²) < 4.78 is 4.70. The monoisotopic (exact) mass is 307 g/mol. The van der Waals surface area contributed by atoms with Gasteiger partial charge in [-0.2, -0.15) is 0 Å². The van der Waals surface area contributed by atoms with E-state index in [4.69, 9.17) is 4.74 Å². The fourth-order valence-corrected chi connectivity index (χ4v) is 3.04. The Labute approximate surface area is 127 Å². The summed E-state index contributed by atoms with van der Waals surface area (Å²) in [7, 11) is 1.32. The van der Waals surface area contributed by atoms with Crippen molar-refractivity contribution in [3.8, 4) is 0 Å². The predicted molar refractivity (Wildman–Crippen MR) is 80.0 cm³/mol. The molecule has 112 valence electrons. The van der Waals surface area contributed by atoms with Gasteiger partial charge in [-0.15, -0.1) is 0 Å². The molecule has 1 aliphatic heterocycles. The van der Waals surface area contributed by atoms with Crippen LogP contribution in [0.2, 0.25) is 0 Å². The number of rotatable bonds is 4. The quantitative estimate of drug-likeness (QED) is 0.793. The summed E-state index contributed by atoms with van der Waals surface area (Å²) >= 11 is 0.964. The number of carbonyl (C=O) groups excluding carboxylic acids is 3. The van der Waals surface area contributed by atoms with Gasteiger partial charge < -0.3 is 9.64 Å². The van der Waals surface area contributed by atoms with Gasteiger partial charge in [-0.25, -0.2) is 4.79 Å². The van der Waals surface area contributed by atoms with Gasteiger partial charge in [0.15, 0.2) is 0 Å². The molecule has 1 aromatic rings. The van der Waals surface area contributed by atoms with E-state index in [2.05, 4.69) is 0 Å². The van der Waals surface area contributed by atoms with Gasteiger partial charge in [0.2, 0.25) is 11.0 Å². The first-order valence-electron chi connectivity index (χ1n) is 6.73. The first-order chi connectivity index (χ1) is 10.1. The largest absolute Gasteiger partial charge is 0.467 e. The Kier molecular flexibility index (Phi) is 5.38. The normalized spacial score (nSPS) is 17.6. The van der Waals surface area contributed by atoms with Crippen LogP contribution < -0.4 is 0 Å². The lowest BCUT2D eigenvalue weighted by molar-refractivity contribution is -0.150. The van der Waals surface area contributed by atoms with Crippen LogP contribution in [0.5, 0.6) is 0 Å². The Hall–Kier alpha value is -1.82. The van der Waals surface area contributed by atoms with Crippen molar-refractivity contribution in [2.75, 3.05) is 19.4 Å². The minimum Gasteiger partial charge on any atom is -0.467 e. The van der Waals surface area contributed by atoms with E-state index in [9.17, 15) is 14.4 Å². The summed E-state index contributed by atoms with van der Waals surface area (Å²) in [4.78, 5) is 37.2. The molecule has 1 atom stereocenters. The summed E-state index contributed by atoms with van der Waals surface area (Å²) in [6.07, 6.45) is 1.40. The topological polar surface area (TPSA) is 63.7 Å². The van der Waals surface area contributed by atoms with E-state index in [1.165, 1.54) is 12.0 Å². The first-order valence-corrected chi connectivity index (χ1v) is 7.71. The molecule has 1 heterocycles. The smallest absolute Gasteiger partial charge is 0.328 e. The summed E-state index contributed by atoms with van der Waals surface area (Å²) in [6, 6.07) is 8.32. The highest BCUT2D eigenvalue weighted by Gasteiger charge is 2.34. The molecule has 21 heavy (non-hydrogen) atoms. The maximum absolute atomic E-state index is 12.2. The van der Waals surface area contributed by atoms with Crippen LogP contribution in [-0.4, -0.2) is 47.3 Å². The number of esters is 1. The number of likely N-dealkylation sites (tertiary alicyclic amines) is 1. The number of nitrogens with zero attached hydrogens (tertiary/aromatic N) is 1. The summed E-state index contributed by atoms with van der Waals surface area (Å²) in [6.45, 7) is 0.540. The minimum atomic E-state index is -0.505. The Bertz CT molecular complexity index is 532. The lowest BCUT2D eigenvalue weighted by Crippen LogP contribution is -2.42. The maximum atomic E-state index is 12.2. The zero-order valence-corrected chi connectivity index (χ0v) is 12.6. The predicted octanol–water partition coefficient (Wildman–Crippen LogP) is 1.72. The molecule has 0 unspecified atom stereocenters. The summed E-state index contributed by atoms with van der Waals surface area (Å²) in [5, 5.41) is -0.141. The number of thioether (sulfide) groups is 1. The van der Waals surface area contributed by atoms with Gasteiger partial charge >= 0.3 is 5.97 Å². The second-order valence-corrected chi connectivity index (χ2v) is 5.66. The second kappa shape index (κ2) is 7.26. The van der Waals surface area contributed by atoms with E-state index >= 15 is 0 Å². The Morgan fingerprint density at radius 2 is 2.00 bits per heavy atom. The fraction of sp³-hybridized carbons (Fsp3) is 0.400. The molecular formula is C15H17NO4S. The SMILES string of the molecule is COC(=O)[C@@H]1CCCN1C(=O)CSC(=O)c1ccccc1. The molecule has 1 fully saturated rings. The molecular weight excluding hydrogens is 290 g/mol. The van der Waals surface area contributed by atoms with Crippen molar-refractivity contribution < 1.29 is 19.1 Å². The third kappa shape index (κ3) is 3.85. The minimum absolute atomic E-state index is 0.0429. The van der Waals surface area contributed by atoms with E-state index in [-0.39, 0.29) is 22.7 Å². The van der Waals surface area contributed by atoms with Crippen LogP contribution in [-0.2, 0) is 14.3 Å². The molecule has 0 saturated carbocycles. The van der Waals surface area contributed by atoms with Crippen molar-refractivity contribution in [3.63, 3.8) is 0 Å². The van der Waals surface area contributed by atoms with Crippen molar-refractivity contribution in [3.05, 3.63) is 35.9 Å². The van der Waals surface area contributed by atoms with Gasteiger partial charge in [-0.1, -0.05) is 42.1 Å². The van der Waals surface area contributed by atoms with Crippen molar-refractivity contribution >= 4 is 28.8 Å². The number of methoxy groups -OCH3 is 1. The standard InChI is InChI=1S/C15H17NO4S/c1-20-14(18)12-8-5-9-16(12)13(17)10-21-15(19)11-6-3-2-4-7-11/h2-4,6-7,12H,5,8-10H2,1H3/t12-/m0/s1. The van der Waals surface area contributed by atoms with Crippen molar-refractivity contribution in [2.45, 2.75) is 18.9 Å². The molecule has 1 aromatic carbocycles. The Morgan fingerprint density at radius 1 is 1.29 bits per heavy atom. The highest BCUT2D eigenvalue weighted by atomic mass is 32.2. The van der Waals surface area contributed by atoms with Crippen LogP contribution >= 0.6 is 11.8 Å². The van der Waals surface area contributed by atoms with Crippen LogP contribution in [0.3, 0.4) is 0 Å². The van der Waals surface area contributed by atoms with Crippen LogP contribution in [0, 0.1) is 0 Å². The van der Waals surface area contributed by atoms with Gasteiger partial charge in [0.1, 0.15) is 6.04 Å². The summed E-state index contributed by atoms with van der Waals surface area (Å²) in [5.41, 5.74) is 0.571. The Morgan fingerprint density at radius 3 is 2.67 bits per heavy atom. The fourth-order valence-electron chi connectivity index (χ4n) is 2.31. The van der Waals surface area contributed by atoms with Crippen LogP contribution in [0.15, 0.2) is 30.3 Å². The molecule has 1 amide bonds. The Balaban J connectivity index is 1.90. The molecule has 0 radical (unpaired) electrons. The highest BCUT2D eigenvalue weighted by Crippen LogP contribution is 2.21. The second-order valence-electron chi connectivity index (χ2n) is 4.71. The van der Waals surface area contributed by atoms with Gasteiger partial charge in [-0.3, -0.25) is 9.59 Å². The van der Waals surface area contributed by atoms with Gasteiger partial charge in [0.05, 0.1) is 12.9 Å². The van der Waals surface area contributed by atoms with E-state index in [1.807, 2.05) is 6.07 Å². The third-order valence-corrected chi connectivity index (χ3v) is 4.27. The lowest BCUT2D eigenvalue weighted by Gasteiger charge is -2.22. The molecule has 1 aliphatic rings. The van der Waals surface area contributed by atoms with E-state index < -0.39 is 6.04 Å². The third-order valence-electron chi connectivity index (χ3n) is 3.38. The van der Waals surface area contributed by atoms with Gasteiger partial charge in [0.25, 0.3) is 0 Å². The van der Waals surface area contributed by atoms with Gasteiger partial charge in [0, 0.05) is 12.1 Å². The summed E-state index contributed by atoms with van der Waals surface area (Å²) in [5.74, 6) is -0.543. The molecule has 0 aliphatic carbocycles. The molecule has 0 bridgehead atoms. The van der Waals surface area contributed by atoms with Crippen molar-refractivity contribution in [1.29, 1.82) is 0 Å². The zero-order valence-electron chi connectivity index (χ0n) is 11.8. The van der Waals surface area contributed by atoms with Crippen LogP contribution in [0.25, 0.3) is 0 Å². The number of benzene rings is 1. The number of carbonyl (C=O) groups is 3. The number of hydrogen-bond acceptors (Lipinski definition) is 5. The average Bonchev–Trinajstić information content (AvgIpc) is 3.02. The van der Waals surface area contributed by atoms with Crippen molar-refractivity contribution in [1.82, 2.24) is 4.90 Å². The van der Waals surface area contributed by atoms with E-state index in [1.54, 1.807) is 24.3 Å². The van der Waals surface area contributed by atoms with E-state index in [0.29, 0.717) is 18.5 Å². The molecule has 6 heteroatoms. The molecule has 0 aromatic heterocycles. The van der Waals surface area contributed by atoms with Crippen molar-refractivity contribution in [2.24, 2.45) is 0 Å². The molecule has 1 saturated heterocycles. The number of ether oxygens (including phenoxy) is 1. The van der Waals surface area contributed by atoms with E-state index in [0.717, 1.165) is 18.2 Å². The molecule has 0 spiro atoms. The van der Waals surface area contributed by atoms with Crippen LogP contribution in [0.4, 0.5) is 0 Å². The maximum Gasteiger partial charge on any atom is 0.328 e. The zero-order chi connectivity index (χ0) is 15.2. The average molecular weight is 307 g/mol. The molecule has 5 nitrogen and oxygen atoms in total.